The van der Waals surface area contributed by atoms with E-state index in [4.69, 9.17) is 4.74 Å². The Morgan fingerprint density at radius 3 is 2.74 bits per heavy atom. The minimum atomic E-state index is -0.505. The third-order valence-electron chi connectivity index (χ3n) is 3.39. The molecule has 0 aromatic heterocycles. The average Bonchev–Trinajstić information content (AvgIpc) is 2.83. The maximum Gasteiger partial charge on any atom is 0.407 e. The molecule has 2 heterocycles. The Balaban J connectivity index is 1.92. The zero-order valence-corrected chi connectivity index (χ0v) is 11.9. The highest BCUT2D eigenvalue weighted by molar-refractivity contribution is 5.78. The van der Waals surface area contributed by atoms with Crippen molar-refractivity contribution in [3.05, 3.63) is 0 Å². The molecule has 0 bridgehead atoms. The Kier molecular flexibility index (Phi) is 3.99. The first-order chi connectivity index (χ1) is 8.87. The van der Waals surface area contributed by atoms with Crippen molar-refractivity contribution in [2.75, 3.05) is 19.6 Å². The highest BCUT2D eigenvalue weighted by atomic mass is 16.6. The van der Waals surface area contributed by atoms with Gasteiger partial charge in [0.05, 0.1) is 12.1 Å². The van der Waals surface area contributed by atoms with Crippen LogP contribution < -0.4 is 10.6 Å². The van der Waals surface area contributed by atoms with Crippen LogP contribution in [0.4, 0.5) is 4.79 Å². The van der Waals surface area contributed by atoms with Gasteiger partial charge in [0.1, 0.15) is 5.60 Å². The molecular weight excluding hydrogens is 246 g/mol. The standard InChI is InChI=1S/C13H23N3O3/c1-13(2,3)19-12(18)15-9-7-14-8-10(9)16-6-4-5-11(16)17/h9-10,14H,4-8H2,1-3H3,(H,15,18)/t9-,10-/m0/s1. The van der Waals surface area contributed by atoms with Crippen molar-refractivity contribution in [2.45, 2.75) is 51.3 Å². The third kappa shape index (κ3) is 3.59. The van der Waals surface area contributed by atoms with Crippen molar-refractivity contribution in [3.63, 3.8) is 0 Å². The Labute approximate surface area is 113 Å². The van der Waals surface area contributed by atoms with Crippen LogP contribution in [0.25, 0.3) is 0 Å². The Morgan fingerprint density at radius 1 is 1.42 bits per heavy atom. The van der Waals surface area contributed by atoms with Crippen molar-refractivity contribution in [1.82, 2.24) is 15.5 Å². The molecule has 19 heavy (non-hydrogen) atoms. The molecule has 0 radical (unpaired) electrons. The molecule has 2 aliphatic rings. The number of nitrogens with zero attached hydrogens (tertiary/aromatic N) is 1. The van der Waals surface area contributed by atoms with Gasteiger partial charge in [-0.2, -0.15) is 0 Å². The fourth-order valence-corrected chi connectivity index (χ4v) is 2.62. The predicted octanol–water partition coefficient (Wildman–Crippen LogP) is 0.474. The SMILES string of the molecule is CC(C)(C)OC(=O)N[C@H]1CNC[C@@H]1N1CCCC1=O. The maximum atomic E-state index is 11.8. The van der Waals surface area contributed by atoms with Gasteiger partial charge < -0.3 is 20.3 Å². The van der Waals surface area contributed by atoms with Gasteiger partial charge in [-0.15, -0.1) is 0 Å². The van der Waals surface area contributed by atoms with Crippen LogP contribution in [0.1, 0.15) is 33.6 Å². The maximum absolute atomic E-state index is 11.8. The lowest BCUT2D eigenvalue weighted by Crippen LogP contribution is -2.52. The summed E-state index contributed by atoms with van der Waals surface area (Å²) in [5.41, 5.74) is -0.505. The van der Waals surface area contributed by atoms with Crippen LogP contribution in [0.3, 0.4) is 0 Å². The van der Waals surface area contributed by atoms with Gasteiger partial charge in [-0.3, -0.25) is 4.79 Å². The Bertz CT molecular complexity index is 365. The molecule has 0 spiro atoms. The molecule has 108 valence electrons. The minimum absolute atomic E-state index is 0.0440. The fraction of sp³-hybridized carbons (Fsp3) is 0.846. The van der Waals surface area contributed by atoms with Crippen LogP contribution in [0.5, 0.6) is 0 Å². The highest BCUT2D eigenvalue weighted by Gasteiger charge is 2.37. The second-order valence-electron chi connectivity index (χ2n) is 6.17. The van der Waals surface area contributed by atoms with Crippen LogP contribution in [-0.2, 0) is 9.53 Å². The first kappa shape index (κ1) is 14.1. The number of likely N-dealkylation sites (tertiary alicyclic amines) is 1. The van der Waals surface area contributed by atoms with Crippen LogP contribution in [0, 0.1) is 0 Å². The third-order valence-corrected chi connectivity index (χ3v) is 3.39. The molecule has 2 fully saturated rings. The second kappa shape index (κ2) is 5.36. The number of rotatable bonds is 2. The van der Waals surface area contributed by atoms with Crippen molar-refractivity contribution in [1.29, 1.82) is 0 Å². The Hall–Kier alpha value is -1.30. The number of hydrogen-bond donors (Lipinski definition) is 2. The van der Waals surface area contributed by atoms with E-state index in [9.17, 15) is 9.59 Å². The van der Waals surface area contributed by atoms with Crippen LogP contribution in [0.15, 0.2) is 0 Å². The number of carbonyl (C=O) groups is 2. The van der Waals surface area contributed by atoms with Crippen molar-refractivity contribution < 1.29 is 14.3 Å². The van der Waals surface area contributed by atoms with Gasteiger partial charge in [0.25, 0.3) is 0 Å². The summed E-state index contributed by atoms with van der Waals surface area (Å²) in [6.07, 6.45) is 1.11. The molecule has 6 nitrogen and oxygen atoms in total. The van der Waals surface area contributed by atoms with Crippen LogP contribution in [0.2, 0.25) is 0 Å². The zero-order valence-electron chi connectivity index (χ0n) is 11.9. The van der Waals surface area contributed by atoms with Gasteiger partial charge in [-0.25, -0.2) is 4.79 Å². The van der Waals surface area contributed by atoms with E-state index in [-0.39, 0.29) is 18.0 Å². The predicted molar refractivity (Wildman–Crippen MR) is 70.8 cm³/mol. The molecule has 2 rings (SSSR count). The largest absolute Gasteiger partial charge is 0.444 e. The number of amides is 2. The summed E-state index contributed by atoms with van der Waals surface area (Å²) >= 11 is 0. The van der Waals surface area contributed by atoms with Crippen LogP contribution >= 0.6 is 0 Å². The summed E-state index contributed by atoms with van der Waals surface area (Å²) < 4.78 is 5.26. The first-order valence-corrected chi connectivity index (χ1v) is 6.86. The molecule has 6 heteroatoms. The molecule has 0 saturated carbocycles. The molecule has 2 amide bonds. The van der Waals surface area contributed by atoms with E-state index in [0.29, 0.717) is 13.0 Å². The van der Waals surface area contributed by atoms with Gasteiger partial charge in [-0.05, 0) is 27.2 Å². The summed E-state index contributed by atoms with van der Waals surface area (Å²) in [6.45, 7) is 7.69. The van der Waals surface area contributed by atoms with Crippen molar-refractivity contribution in [3.8, 4) is 0 Å². The van der Waals surface area contributed by atoms with Crippen molar-refractivity contribution in [2.24, 2.45) is 0 Å². The molecule has 2 atom stereocenters. The number of alkyl carbamates (subject to hydrolysis) is 1. The lowest BCUT2D eigenvalue weighted by atomic mass is 10.1. The molecule has 2 saturated heterocycles. The minimum Gasteiger partial charge on any atom is -0.444 e. The van der Waals surface area contributed by atoms with Crippen molar-refractivity contribution >= 4 is 12.0 Å². The van der Waals surface area contributed by atoms with E-state index >= 15 is 0 Å². The van der Waals surface area contributed by atoms with E-state index in [1.165, 1.54) is 0 Å². The van der Waals surface area contributed by atoms with Gasteiger partial charge >= 0.3 is 6.09 Å². The summed E-state index contributed by atoms with van der Waals surface area (Å²) in [7, 11) is 0. The van der Waals surface area contributed by atoms with E-state index in [0.717, 1.165) is 19.5 Å². The first-order valence-electron chi connectivity index (χ1n) is 6.86. The normalized spacial score (nSPS) is 27.7. The molecule has 2 aliphatic heterocycles. The van der Waals surface area contributed by atoms with Crippen LogP contribution in [-0.4, -0.2) is 54.2 Å². The van der Waals surface area contributed by atoms with Gasteiger partial charge in [0, 0.05) is 26.1 Å². The second-order valence-corrected chi connectivity index (χ2v) is 6.17. The topological polar surface area (TPSA) is 70.7 Å². The molecule has 0 aromatic rings. The zero-order chi connectivity index (χ0) is 14.0. The number of hydrogen-bond acceptors (Lipinski definition) is 4. The van der Waals surface area contributed by atoms with E-state index in [1.807, 2.05) is 25.7 Å². The molecule has 2 N–H and O–H groups in total. The number of nitrogens with one attached hydrogen (secondary N) is 2. The monoisotopic (exact) mass is 269 g/mol. The summed E-state index contributed by atoms with van der Waals surface area (Å²) in [5.74, 6) is 0.185. The number of ether oxygens (including phenoxy) is 1. The number of carbonyl (C=O) groups excluding carboxylic acids is 2. The lowest BCUT2D eigenvalue weighted by molar-refractivity contribution is -0.129. The smallest absolute Gasteiger partial charge is 0.407 e. The highest BCUT2D eigenvalue weighted by Crippen LogP contribution is 2.18. The summed E-state index contributed by atoms with van der Waals surface area (Å²) in [4.78, 5) is 25.4. The summed E-state index contributed by atoms with van der Waals surface area (Å²) in [5, 5.41) is 6.09. The molecule has 0 aromatic carbocycles. The van der Waals surface area contributed by atoms with E-state index < -0.39 is 11.7 Å². The molecule has 0 unspecified atom stereocenters. The Morgan fingerprint density at radius 2 is 2.16 bits per heavy atom. The summed E-state index contributed by atoms with van der Waals surface area (Å²) in [6, 6.07) is -0.0283. The lowest BCUT2D eigenvalue weighted by Gasteiger charge is -2.29. The quantitative estimate of drug-likeness (QED) is 0.764. The van der Waals surface area contributed by atoms with Gasteiger partial charge in [0.2, 0.25) is 5.91 Å². The molecule has 0 aliphatic carbocycles. The van der Waals surface area contributed by atoms with E-state index in [1.54, 1.807) is 0 Å². The average molecular weight is 269 g/mol. The molecular formula is C13H23N3O3. The van der Waals surface area contributed by atoms with E-state index in [2.05, 4.69) is 10.6 Å². The fourth-order valence-electron chi connectivity index (χ4n) is 2.62. The van der Waals surface area contributed by atoms with Gasteiger partial charge in [0.15, 0.2) is 0 Å². The van der Waals surface area contributed by atoms with Gasteiger partial charge in [-0.1, -0.05) is 0 Å².